The van der Waals surface area contributed by atoms with Gasteiger partial charge < -0.3 is 5.11 Å². The minimum atomic E-state index is -0.161. The first kappa shape index (κ1) is 9.18. The number of aromatic nitrogens is 3. The standard InChI is InChI=1S/C9H8ClN3O/c10-7-3-1-2-4-8(7)13-6-11-12-9(13)5-14/h1-4,6,14H,5H2. The van der Waals surface area contributed by atoms with Gasteiger partial charge in [-0.3, -0.25) is 4.57 Å². The fourth-order valence-electron chi connectivity index (χ4n) is 1.22. The second-order valence-corrected chi connectivity index (χ2v) is 3.13. The maximum Gasteiger partial charge on any atom is 0.163 e. The smallest absolute Gasteiger partial charge is 0.163 e. The Hall–Kier alpha value is -1.39. The zero-order valence-corrected chi connectivity index (χ0v) is 8.02. The molecule has 5 heteroatoms. The second kappa shape index (κ2) is 3.77. The zero-order valence-electron chi connectivity index (χ0n) is 7.26. The van der Waals surface area contributed by atoms with Crippen molar-refractivity contribution in [3.05, 3.63) is 41.4 Å². The SMILES string of the molecule is OCc1nncn1-c1ccccc1Cl. The van der Waals surface area contributed by atoms with Gasteiger partial charge in [0.25, 0.3) is 0 Å². The summed E-state index contributed by atoms with van der Waals surface area (Å²) in [6.45, 7) is -0.161. The summed E-state index contributed by atoms with van der Waals surface area (Å²) in [7, 11) is 0. The molecule has 1 heterocycles. The number of halogens is 1. The molecule has 72 valence electrons. The Kier molecular flexibility index (Phi) is 2.47. The van der Waals surface area contributed by atoms with Gasteiger partial charge in [-0.2, -0.15) is 0 Å². The molecule has 1 N–H and O–H groups in total. The third-order valence-corrected chi connectivity index (χ3v) is 2.19. The van der Waals surface area contributed by atoms with E-state index < -0.39 is 0 Å². The molecule has 4 nitrogen and oxygen atoms in total. The number of para-hydroxylation sites is 1. The van der Waals surface area contributed by atoms with Crippen molar-refractivity contribution in [3.63, 3.8) is 0 Å². The Morgan fingerprint density at radius 3 is 2.86 bits per heavy atom. The van der Waals surface area contributed by atoms with Gasteiger partial charge in [-0.25, -0.2) is 0 Å². The molecular formula is C9H8ClN3O. The summed E-state index contributed by atoms with van der Waals surface area (Å²) in [6, 6.07) is 7.32. The Morgan fingerprint density at radius 2 is 2.14 bits per heavy atom. The van der Waals surface area contributed by atoms with E-state index in [-0.39, 0.29) is 6.61 Å². The number of benzene rings is 1. The summed E-state index contributed by atoms with van der Waals surface area (Å²) in [6.07, 6.45) is 1.52. The third-order valence-electron chi connectivity index (χ3n) is 1.87. The van der Waals surface area contributed by atoms with Gasteiger partial charge in [-0.1, -0.05) is 23.7 Å². The van der Waals surface area contributed by atoms with E-state index in [0.717, 1.165) is 5.69 Å². The molecule has 0 radical (unpaired) electrons. The van der Waals surface area contributed by atoms with Crippen LogP contribution in [-0.2, 0) is 6.61 Å². The van der Waals surface area contributed by atoms with Crippen molar-refractivity contribution in [1.82, 2.24) is 14.8 Å². The average molecular weight is 210 g/mol. The molecule has 1 aromatic heterocycles. The van der Waals surface area contributed by atoms with E-state index in [4.69, 9.17) is 16.7 Å². The molecule has 0 aliphatic rings. The highest BCUT2D eigenvalue weighted by molar-refractivity contribution is 6.32. The van der Waals surface area contributed by atoms with Crippen molar-refractivity contribution in [2.45, 2.75) is 6.61 Å². The minimum Gasteiger partial charge on any atom is -0.388 e. The van der Waals surface area contributed by atoms with Crippen molar-refractivity contribution >= 4 is 11.6 Å². The Balaban J connectivity index is 2.54. The molecule has 1 aromatic carbocycles. The Labute approximate surface area is 85.8 Å². The molecule has 0 bridgehead atoms. The van der Waals surface area contributed by atoms with Crippen molar-refractivity contribution in [3.8, 4) is 5.69 Å². The van der Waals surface area contributed by atoms with Crippen LogP contribution >= 0.6 is 11.6 Å². The van der Waals surface area contributed by atoms with Gasteiger partial charge in [0.15, 0.2) is 5.82 Å². The maximum atomic E-state index is 8.99. The van der Waals surface area contributed by atoms with Crippen LogP contribution in [0.25, 0.3) is 5.69 Å². The van der Waals surface area contributed by atoms with Gasteiger partial charge in [0.05, 0.1) is 10.7 Å². The van der Waals surface area contributed by atoms with Crippen LogP contribution < -0.4 is 0 Å². The summed E-state index contributed by atoms with van der Waals surface area (Å²) in [5.41, 5.74) is 0.767. The Morgan fingerprint density at radius 1 is 1.36 bits per heavy atom. The monoisotopic (exact) mass is 209 g/mol. The third kappa shape index (κ3) is 1.49. The summed E-state index contributed by atoms with van der Waals surface area (Å²) < 4.78 is 1.66. The molecule has 0 unspecified atom stereocenters. The van der Waals surface area contributed by atoms with E-state index in [1.54, 1.807) is 10.6 Å². The fourth-order valence-corrected chi connectivity index (χ4v) is 1.44. The molecule has 14 heavy (non-hydrogen) atoms. The van der Waals surface area contributed by atoms with Crippen molar-refractivity contribution in [2.24, 2.45) is 0 Å². The normalized spacial score (nSPS) is 10.4. The van der Waals surface area contributed by atoms with Crippen LogP contribution in [0.3, 0.4) is 0 Å². The van der Waals surface area contributed by atoms with Crippen LogP contribution in [0, 0.1) is 0 Å². The lowest BCUT2D eigenvalue weighted by Crippen LogP contribution is -2.00. The van der Waals surface area contributed by atoms with Crippen LogP contribution in [0.4, 0.5) is 0 Å². The van der Waals surface area contributed by atoms with Crippen LogP contribution in [-0.4, -0.2) is 19.9 Å². The number of aliphatic hydroxyl groups excluding tert-OH is 1. The van der Waals surface area contributed by atoms with Gasteiger partial charge in [0.2, 0.25) is 0 Å². The lowest BCUT2D eigenvalue weighted by Gasteiger charge is -2.05. The van der Waals surface area contributed by atoms with Gasteiger partial charge in [-0.15, -0.1) is 10.2 Å². The predicted octanol–water partition coefficient (Wildman–Crippen LogP) is 1.41. The molecule has 0 aliphatic carbocycles. The number of rotatable bonds is 2. The lowest BCUT2D eigenvalue weighted by atomic mass is 10.3. The summed E-state index contributed by atoms with van der Waals surface area (Å²) >= 11 is 5.99. The second-order valence-electron chi connectivity index (χ2n) is 2.73. The van der Waals surface area contributed by atoms with Crippen molar-refractivity contribution < 1.29 is 5.11 Å². The first-order valence-electron chi connectivity index (χ1n) is 4.07. The van der Waals surface area contributed by atoms with E-state index in [1.165, 1.54) is 6.33 Å². The molecule has 0 fully saturated rings. The van der Waals surface area contributed by atoms with Crippen LogP contribution in [0.2, 0.25) is 5.02 Å². The molecule has 2 aromatic rings. The molecular weight excluding hydrogens is 202 g/mol. The van der Waals surface area contributed by atoms with E-state index >= 15 is 0 Å². The topological polar surface area (TPSA) is 50.9 Å². The van der Waals surface area contributed by atoms with Gasteiger partial charge in [0, 0.05) is 0 Å². The van der Waals surface area contributed by atoms with Gasteiger partial charge in [0.1, 0.15) is 12.9 Å². The summed E-state index contributed by atoms with van der Waals surface area (Å²) in [5.74, 6) is 0.470. The van der Waals surface area contributed by atoms with Gasteiger partial charge >= 0.3 is 0 Å². The first-order valence-corrected chi connectivity index (χ1v) is 4.45. The molecule has 0 amide bonds. The zero-order chi connectivity index (χ0) is 9.97. The number of aliphatic hydroxyl groups is 1. The summed E-state index contributed by atoms with van der Waals surface area (Å²) in [4.78, 5) is 0. The van der Waals surface area contributed by atoms with E-state index in [0.29, 0.717) is 10.8 Å². The van der Waals surface area contributed by atoms with E-state index in [9.17, 15) is 0 Å². The average Bonchev–Trinajstić information content (AvgIpc) is 2.66. The highest BCUT2D eigenvalue weighted by Gasteiger charge is 2.07. The summed E-state index contributed by atoms with van der Waals surface area (Å²) in [5, 5.41) is 17.1. The predicted molar refractivity (Wildman–Crippen MR) is 52.3 cm³/mol. The number of hydrogen-bond acceptors (Lipinski definition) is 3. The van der Waals surface area contributed by atoms with E-state index in [1.807, 2.05) is 18.2 Å². The Bertz CT molecular complexity index is 441. The molecule has 0 saturated carbocycles. The maximum absolute atomic E-state index is 8.99. The molecule has 2 rings (SSSR count). The van der Waals surface area contributed by atoms with Crippen molar-refractivity contribution in [2.75, 3.05) is 0 Å². The van der Waals surface area contributed by atoms with Gasteiger partial charge in [-0.05, 0) is 12.1 Å². The molecule has 0 spiro atoms. The van der Waals surface area contributed by atoms with Crippen LogP contribution in [0.15, 0.2) is 30.6 Å². The van der Waals surface area contributed by atoms with Crippen LogP contribution in [0.5, 0.6) is 0 Å². The highest BCUT2D eigenvalue weighted by Crippen LogP contribution is 2.20. The minimum absolute atomic E-state index is 0.161. The van der Waals surface area contributed by atoms with Crippen LogP contribution in [0.1, 0.15) is 5.82 Å². The van der Waals surface area contributed by atoms with Crippen molar-refractivity contribution in [1.29, 1.82) is 0 Å². The molecule has 0 atom stereocenters. The quantitative estimate of drug-likeness (QED) is 0.814. The van der Waals surface area contributed by atoms with E-state index in [2.05, 4.69) is 10.2 Å². The molecule has 0 saturated heterocycles. The highest BCUT2D eigenvalue weighted by atomic mass is 35.5. The lowest BCUT2D eigenvalue weighted by molar-refractivity contribution is 0.269. The largest absolute Gasteiger partial charge is 0.388 e. The number of hydrogen-bond donors (Lipinski definition) is 1. The molecule has 0 aliphatic heterocycles. The number of nitrogens with zero attached hydrogens (tertiary/aromatic N) is 3. The first-order chi connectivity index (χ1) is 6.83. The fraction of sp³-hybridized carbons (Fsp3) is 0.111.